The molecule has 8 heteroatoms. The van der Waals surface area contributed by atoms with Crippen LogP contribution in [0.1, 0.15) is 10.5 Å². The van der Waals surface area contributed by atoms with E-state index < -0.39 is 0 Å². The van der Waals surface area contributed by atoms with Crippen molar-refractivity contribution < 1.29 is 13.9 Å². The van der Waals surface area contributed by atoms with Crippen LogP contribution in [0.2, 0.25) is 5.02 Å². The molecule has 7 nitrogen and oxygen atoms in total. The zero-order chi connectivity index (χ0) is 22.8. The third-order valence-corrected chi connectivity index (χ3v) is 6.01. The molecule has 5 rings (SSSR count). The molecular weight excluding hydrogens is 440 g/mol. The summed E-state index contributed by atoms with van der Waals surface area (Å²) in [6, 6.07) is 18.8. The minimum absolute atomic E-state index is 0.113. The molecule has 1 amide bonds. The van der Waals surface area contributed by atoms with Gasteiger partial charge < -0.3 is 24.3 Å². The van der Waals surface area contributed by atoms with Crippen LogP contribution in [0.5, 0.6) is 5.75 Å². The van der Waals surface area contributed by atoms with Crippen molar-refractivity contribution in [3.63, 3.8) is 0 Å². The number of carbonyl (C=O) groups is 1. The van der Waals surface area contributed by atoms with Gasteiger partial charge in [-0.15, -0.1) is 0 Å². The van der Waals surface area contributed by atoms with Gasteiger partial charge in [-0.05, 0) is 42.5 Å². The van der Waals surface area contributed by atoms with E-state index in [1.54, 1.807) is 31.6 Å². The fraction of sp³-hybridized carbons (Fsp3) is 0.200. The summed E-state index contributed by atoms with van der Waals surface area (Å²) in [5.41, 5.74) is 2.88. The average Bonchev–Trinajstić information content (AvgIpc) is 3.34. The second-order valence-corrected chi connectivity index (χ2v) is 8.24. The normalized spacial score (nSPS) is 13.9. The molecule has 0 radical (unpaired) electrons. The van der Waals surface area contributed by atoms with Crippen molar-refractivity contribution in [2.75, 3.05) is 43.5 Å². The number of fused-ring (bicyclic) bond motifs is 1. The van der Waals surface area contributed by atoms with E-state index in [9.17, 15) is 4.79 Å². The van der Waals surface area contributed by atoms with Crippen LogP contribution in [0, 0.1) is 0 Å². The van der Waals surface area contributed by atoms with E-state index in [1.165, 1.54) is 0 Å². The molecule has 0 unspecified atom stereocenters. The Hall–Kier alpha value is -3.71. The number of amides is 1. The van der Waals surface area contributed by atoms with Crippen molar-refractivity contribution in [3.05, 3.63) is 77.6 Å². The number of methoxy groups -OCH3 is 1. The predicted octanol–water partition coefficient (Wildman–Crippen LogP) is 5.20. The number of carbonyl (C=O) groups excluding carboxylic acids is 1. The molecule has 0 saturated carbocycles. The van der Waals surface area contributed by atoms with Crippen molar-refractivity contribution in [3.8, 4) is 5.75 Å². The number of benzene rings is 2. The number of halogens is 1. The Labute approximate surface area is 196 Å². The Balaban J connectivity index is 1.34. The molecule has 0 atom stereocenters. The Morgan fingerprint density at radius 1 is 1.06 bits per heavy atom. The van der Waals surface area contributed by atoms with Crippen LogP contribution in [0.3, 0.4) is 0 Å². The SMILES string of the molecule is COc1cccc(N2CCN(C(=O)c3cc4occc4c(Nc4ccc(Cl)cc4)n3)CC2)c1. The number of nitrogens with one attached hydrogen (secondary N) is 1. The molecular formula is C25H23ClN4O3. The van der Waals surface area contributed by atoms with Gasteiger partial charge in [-0.2, -0.15) is 0 Å². The summed E-state index contributed by atoms with van der Waals surface area (Å²) in [5, 5.41) is 4.74. The fourth-order valence-corrected chi connectivity index (χ4v) is 4.10. The minimum atomic E-state index is -0.113. The van der Waals surface area contributed by atoms with Gasteiger partial charge >= 0.3 is 0 Å². The lowest BCUT2D eigenvalue weighted by Crippen LogP contribution is -2.49. The number of nitrogens with zero attached hydrogens (tertiary/aromatic N) is 3. The van der Waals surface area contributed by atoms with Crippen molar-refractivity contribution >= 4 is 45.7 Å². The van der Waals surface area contributed by atoms with Gasteiger partial charge in [0.15, 0.2) is 0 Å². The van der Waals surface area contributed by atoms with Crippen LogP contribution in [0.4, 0.5) is 17.2 Å². The number of ether oxygens (including phenoxy) is 1. The predicted molar refractivity (Wildman–Crippen MR) is 130 cm³/mol. The average molecular weight is 463 g/mol. The second-order valence-electron chi connectivity index (χ2n) is 7.80. The molecule has 0 aliphatic carbocycles. The highest BCUT2D eigenvalue weighted by Gasteiger charge is 2.25. The summed E-state index contributed by atoms with van der Waals surface area (Å²) in [6.07, 6.45) is 1.60. The van der Waals surface area contributed by atoms with Gasteiger partial charge in [0.25, 0.3) is 5.91 Å². The summed E-state index contributed by atoms with van der Waals surface area (Å²) in [5.74, 6) is 1.28. The minimum Gasteiger partial charge on any atom is -0.497 e. The topological polar surface area (TPSA) is 70.8 Å². The zero-order valence-electron chi connectivity index (χ0n) is 18.1. The first-order valence-corrected chi connectivity index (χ1v) is 11.1. The van der Waals surface area contributed by atoms with Crippen LogP contribution in [0.25, 0.3) is 11.0 Å². The van der Waals surface area contributed by atoms with E-state index in [-0.39, 0.29) is 5.91 Å². The van der Waals surface area contributed by atoms with Crippen molar-refractivity contribution in [1.29, 1.82) is 0 Å². The van der Waals surface area contributed by atoms with E-state index in [0.29, 0.717) is 35.2 Å². The van der Waals surface area contributed by atoms with E-state index >= 15 is 0 Å². The summed E-state index contributed by atoms with van der Waals surface area (Å²) < 4.78 is 10.9. The maximum atomic E-state index is 13.3. The van der Waals surface area contributed by atoms with Gasteiger partial charge in [-0.1, -0.05) is 17.7 Å². The van der Waals surface area contributed by atoms with Crippen molar-refractivity contribution in [2.24, 2.45) is 0 Å². The molecule has 0 spiro atoms. The Kier molecular flexibility index (Phi) is 5.79. The van der Waals surface area contributed by atoms with E-state index in [2.05, 4.69) is 21.3 Å². The number of anilines is 3. The smallest absolute Gasteiger partial charge is 0.272 e. The lowest BCUT2D eigenvalue weighted by molar-refractivity contribution is 0.0741. The highest BCUT2D eigenvalue weighted by atomic mass is 35.5. The molecule has 4 aromatic rings. The molecule has 1 fully saturated rings. The van der Waals surface area contributed by atoms with Crippen molar-refractivity contribution in [2.45, 2.75) is 0 Å². The van der Waals surface area contributed by atoms with Gasteiger partial charge in [0.2, 0.25) is 0 Å². The summed E-state index contributed by atoms with van der Waals surface area (Å²) >= 11 is 5.99. The fourth-order valence-electron chi connectivity index (χ4n) is 3.98. The molecule has 1 aliphatic heterocycles. The van der Waals surface area contributed by atoms with Crippen LogP contribution in [0.15, 0.2) is 71.3 Å². The first kappa shape index (κ1) is 21.2. The number of furan rings is 1. The lowest BCUT2D eigenvalue weighted by Gasteiger charge is -2.36. The monoisotopic (exact) mass is 462 g/mol. The highest BCUT2D eigenvalue weighted by molar-refractivity contribution is 6.30. The zero-order valence-corrected chi connectivity index (χ0v) is 18.9. The highest BCUT2D eigenvalue weighted by Crippen LogP contribution is 2.28. The van der Waals surface area contributed by atoms with Gasteiger partial charge in [0.1, 0.15) is 22.8 Å². The first-order chi connectivity index (χ1) is 16.1. The standard InChI is InChI=1S/C25H23ClN4O3/c1-32-20-4-2-3-19(15-20)29-10-12-30(13-11-29)25(31)22-16-23-21(9-14-33-23)24(28-22)27-18-7-5-17(26)6-8-18/h2-9,14-16H,10-13H2,1H3,(H,27,28). The molecule has 0 bridgehead atoms. The number of hydrogen-bond donors (Lipinski definition) is 1. The van der Waals surface area contributed by atoms with Crippen LogP contribution in [-0.2, 0) is 0 Å². The van der Waals surface area contributed by atoms with Gasteiger partial charge in [-0.3, -0.25) is 4.79 Å². The first-order valence-electron chi connectivity index (χ1n) is 10.7. The number of rotatable bonds is 5. The third-order valence-electron chi connectivity index (χ3n) is 5.76. The summed E-state index contributed by atoms with van der Waals surface area (Å²) in [4.78, 5) is 22.0. The maximum Gasteiger partial charge on any atom is 0.272 e. The largest absolute Gasteiger partial charge is 0.497 e. The molecule has 2 aromatic carbocycles. The molecule has 3 heterocycles. The van der Waals surface area contributed by atoms with Crippen LogP contribution >= 0.6 is 11.6 Å². The van der Waals surface area contributed by atoms with Gasteiger partial charge in [0.05, 0.1) is 18.8 Å². The number of piperazine rings is 1. The van der Waals surface area contributed by atoms with E-state index in [0.717, 1.165) is 35.6 Å². The Bertz CT molecular complexity index is 1280. The summed E-state index contributed by atoms with van der Waals surface area (Å²) in [6.45, 7) is 2.68. The number of aromatic nitrogens is 1. The second kappa shape index (κ2) is 9.03. The third kappa shape index (κ3) is 4.45. The Morgan fingerprint density at radius 3 is 2.61 bits per heavy atom. The van der Waals surface area contributed by atoms with E-state index in [1.807, 2.05) is 41.3 Å². The van der Waals surface area contributed by atoms with Gasteiger partial charge in [0, 0.05) is 54.7 Å². The van der Waals surface area contributed by atoms with Crippen LogP contribution in [-0.4, -0.2) is 49.1 Å². The maximum absolute atomic E-state index is 13.3. The molecule has 1 N–H and O–H groups in total. The molecule has 168 valence electrons. The molecule has 2 aromatic heterocycles. The van der Waals surface area contributed by atoms with E-state index in [4.69, 9.17) is 20.8 Å². The van der Waals surface area contributed by atoms with Crippen molar-refractivity contribution in [1.82, 2.24) is 9.88 Å². The quantitative estimate of drug-likeness (QED) is 0.440. The number of hydrogen-bond acceptors (Lipinski definition) is 6. The van der Waals surface area contributed by atoms with Crippen LogP contribution < -0.4 is 15.0 Å². The Morgan fingerprint density at radius 2 is 1.85 bits per heavy atom. The lowest BCUT2D eigenvalue weighted by atomic mass is 10.2. The molecule has 33 heavy (non-hydrogen) atoms. The summed E-state index contributed by atoms with van der Waals surface area (Å²) in [7, 11) is 1.66. The number of pyridine rings is 1. The van der Waals surface area contributed by atoms with Gasteiger partial charge in [-0.25, -0.2) is 4.98 Å². The molecule has 1 saturated heterocycles. The molecule has 1 aliphatic rings.